The van der Waals surface area contributed by atoms with Crippen LogP contribution in [-0.4, -0.2) is 15.7 Å². The van der Waals surface area contributed by atoms with E-state index in [9.17, 15) is 31.1 Å². The summed E-state index contributed by atoms with van der Waals surface area (Å²) in [7, 11) is 0. The molecule has 3 rings (SSSR count). The highest BCUT2D eigenvalue weighted by Gasteiger charge is 2.27. The van der Waals surface area contributed by atoms with Crippen molar-refractivity contribution in [3.63, 3.8) is 0 Å². The van der Waals surface area contributed by atoms with Gasteiger partial charge in [0, 0.05) is 12.3 Å². The zero-order chi connectivity index (χ0) is 21.3. The number of nitrogens with one attached hydrogen (secondary N) is 1. The Hall–Kier alpha value is -3.21. The van der Waals surface area contributed by atoms with Crippen LogP contribution in [0.2, 0.25) is 5.02 Å². The van der Waals surface area contributed by atoms with Crippen LogP contribution in [0, 0.1) is 34.9 Å². The highest BCUT2D eigenvalue weighted by Crippen LogP contribution is 2.27. The lowest BCUT2D eigenvalue weighted by Gasteiger charge is -2.09. The molecule has 2 aromatic carbocycles. The molecule has 12 heteroatoms. The Balaban J connectivity index is 1.72. The van der Waals surface area contributed by atoms with Gasteiger partial charge in [0.25, 0.3) is 5.91 Å². The van der Waals surface area contributed by atoms with Crippen molar-refractivity contribution in [2.75, 3.05) is 5.32 Å². The number of benzene rings is 2. The Morgan fingerprint density at radius 3 is 2.24 bits per heavy atom. The number of amides is 1. The van der Waals surface area contributed by atoms with Gasteiger partial charge in [-0.25, -0.2) is 31.0 Å². The molecule has 0 aliphatic rings. The predicted molar refractivity (Wildman–Crippen MR) is 88.5 cm³/mol. The van der Waals surface area contributed by atoms with Gasteiger partial charge in [0.05, 0.1) is 5.02 Å². The molecule has 5 nitrogen and oxygen atoms in total. The van der Waals surface area contributed by atoms with E-state index in [1.165, 1.54) is 18.3 Å². The van der Waals surface area contributed by atoms with Gasteiger partial charge in [-0.2, -0.15) is 5.10 Å². The molecule has 1 N–H and O–H groups in total. The van der Waals surface area contributed by atoms with Crippen LogP contribution in [0.25, 0.3) is 0 Å². The summed E-state index contributed by atoms with van der Waals surface area (Å²) in [5, 5.41) is 5.17. The second-order valence-corrected chi connectivity index (χ2v) is 5.90. The number of hydrogen-bond acceptors (Lipinski definition) is 3. The minimum atomic E-state index is -2.35. The summed E-state index contributed by atoms with van der Waals surface area (Å²) in [6, 6.07) is 4.69. The third-order valence-electron chi connectivity index (χ3n) is 3.58. The maximum absolute atomic E-state index is 13.6. The molecule has 0 fully saturated rings. The summed E-state index contributed by atoms with van der Waals surface area (Å²) >= 11 is 5.61. The maximum Gasteiger partial charge on any atom is 0.276 e. The van der Waals surface area contributed by atoms with Crippen molar-refractivity contribution >= 4 is 23.2 Å². The quantitative estimate of drug-likeness (QED) is 0.360. The summed E-state index contributed by atoms with van der Waals surface area (Å²) in [5.41, 5.74) is -1.90. The number of rotatable bonds is 5. The number of nitrogens with zero attached hydrogens (tertiary/aromatic N) is 2. The summed E-state index contributed by atoms with van der Waals surface area (Å²) in [5.74, 6) is -12.8. The van der Waals surface area contributed by atoms with Crippen molar-refractivity contribution < 1.29 is 35.9 Å². The van der Waals surface area contributed by atoms with Gasteiger partial charge in [0.15, 0.2) is 35.7 Å². The second-order valence-electron chi connectivity index (χ2n) is 5.49. The molecule has 0 saturated carbocycles. The fourth-order valence-electron chi connectivity index (χ4n) is 2.15. The molecule has 29 heavy (non-hydrogen) atoms. The van der Waals surface area contributed by atoms with Gasteiger partial charge in [-0.15, -0.1) is 0 Å². The lowest BCUT2D eigenvalue weighted by Crippen LogP contribution is -2.18. The third-order valence-corrected chi connectivity index (χ3v) is 3.87. The predicted octanol–water partition coefficient (Wildman–Crippen LogP) is 4.66. The molecule has 1 heterocycles. The molecule has 0 saturated heterocycles. The summed E-state index contributed by atoms with van der Waals surface area (Å²) < 4.78 is 86.1. The average molecular weight is 436 g/mol. The van der Waals surface area contributed by atoms with E-state index in [4.69, 9.17) is 16.3 Å². The normalized spacial score (nSPS) is 10.9. The SMILES string of the molecule is O=C(Nc1c(F)c(F)c(F)c(F)c1F)c1ccn(COc2ccc(F)c(Cl)c2)n1. The molecule has 0 aliphatic carbocycles. The van der Waals surface area contributed by atoms with Crippen LogP contribution in [0.15, 0.2) is 30.5 Å². The first-order valence-corrected chi connectivity index (χ1v) is 8.01. The highest BCUT2D eigenvalue weighted by atomic mass is 35.5. The van der Waals surface area contributed by atoms with E-state index in [1.54, 1.807) is 5.32 Å². The van der Waals surface area contributed by atoms with Gasteiger partial charge in [-0.1, -0.05) is 11.6 Å². The van der Waals surface area contributed by atoms with E-state index in [2.05, 4.69) is 5.10 Å². The van der Waals surface area contributed by atoms with Crippen LogP contribution in [-0.2, 0) is 6.73 Å². The topological polar surface area (TPSA) is 56.2 Å². The van der Waals surface area contributed by atoms with E-state index >= 15 is 0 Å². The number of carbonyl (C=O) groups is 1. The minimum Gasteiger partial charge on any atom is -0.471 e. The number of ether oxygens (including phenoxy) is 1. The van der Waals surface area contributed by atoms with Gasteiger partial charge in [-0.05, 0) is 18.2 Å². The van der Waals surface area contributed by atoms with E-state index in [-0.39, 0.29) is 17.5 Å². The van der Waals surface area contributed by atoms with Gasteiger partial charge >= 0.3 is 0 Å². The van der Waals surface area contributed by atoms with E-state index < -0.39 is 52.2 Å². The van der Waals surface area contributed by atoms with Gasteiger partial charge in [-0.3, -0.25) is 4.79 Å². The second kappa shape index (κ2) is 8.03. The Labute approximate surface area is 163 Å². The number of hydrogen-bond donors (Lipinski definition) is 1. The molecule has 0 spiro atoms. The van der Waals surface area contributed by atoms with Crippen LogP contribution in [0.5, 0.6) is 5.75 Å². The Morgan fingerprint density at radius 1 is 1.00 bits per heavy atom. The minimum absolute atomic E-state index is 0.175. The summed E-state index contributed by atoms with van der Waals surface area (Å²) in [4.78, 5) is 12.0. The molecule has 0 unspecified atom stereocenters. The third kappa shape index (κ3) is 4.14. The first kappa shape index (κ1) is 20.5. The largest absolute Gasteiger partial charge is 0.471 e. The Kier molecular flexibility index (Phi) is 5.69. The van der Waals surface area contributed by atoms with Gasteiger partial charge in [0.2, 0.25) is 5.82 Å². The number of halogens is 7. The fraction of sp³-hybridized carbons (Fsp3) is 0.0588. The molecule has 0 aliphatic heterocycles. The van der Waals surface area contributed by atoms with Crippen LogP contribution in [0.3, 0.4) is 0 Å². The highest BCUT2D eigenvalue weighted by molar-refractivity contribution is 6.30. The molecule has 1 aromatic heterocycles. The molecule has 1 amide bonds. The van der Waals surface area contributed by atoms with Crippen molar-refractivity contribution in [2.45, 2.75) is 6.73 Å². The van der Waals surface area contributed by atoms with Crippen LogP contribution in [0.4, 0.5) is 32.0 Å². The molecule has 0 radical (unpaired) electrons. The van der Waals surface area contributed by atoms with Crippen molar-refractivity contribution in [3.05, 3.63) is 76.1 Å². The molecule has 0 atom stereocenters. The fourth-order valence-corrected chi connectivity index (χ4v) is 2.32. The molecular formula is C17H8ClF6N3O2. The monoisotopic (exact) mass is 435 g/mol. The number of carbonyl (C=O) groups excluding carboxylic acids is 1. The lowest BCUT2D eigenvalue weighted by molar-refractivity contribution is 0.101. The van der Waals surface area contributed by atoms with E-state index in [0.29, 0.717) is 0 Å². The Morgan fingerprint density at radius 2 is 1.62 bits per heavy atom. The number of anilines is 1. The smallest absolute Gasteiger partial charge is 0.276 e. The molecule has 3 aromatic rings. The standard InChI is InChI=1S/C17H8ClF6N3O2/c18-8-5-7(1-2-9(8)19)29-6-27-4-3-10(26-27)17(28)25-16-14(23)12(21)11(20)13(22)15(16)24/h1-5H,6H2,(H,25,28). The van der Waals surface area contributed by atoms with Crippen molar-refractivity contribution in [1.82, 2.24) is 9.78 Å². The van der Waals surface area contributed by atoms with Crippen LogP contribution < -0.4 is 10.1 Å². The molecule has 0 bridgehead atoms. The first-order chi connectivity index (χ1) is 13.7. The first-order valence-electron chi connectivity index (χ1n) is 7.63. The number of aromatic nitrogens is 2. The molecule has 152 valence electrons. The van der Waals surface area contributed by atoms with Gasteiger partial charge in [0.1, 0.15) is 17.3 Å². The van der Waals surface area contributed by atoms with Crippen LogP contribution in [0.1, 0.15) is 10.5 Å². The average Bonchev–Trinajstić information content (AvgIpc) is 3.18. The van der Waals surface area contributed by atoms with Crippen molar-refractivity contribution in [2.24, 2.45) is 0 Å². The maximum atomic E-state index is 13.6. The summed E-state index contributed by atoms with van der Waals surface area (Å²) in [6.07, 6.45) is 1.25. The Bertz CT molecular complexity index is 1080. The molecular weight excluding hydrogens is 428 g/mol. The zero-order valence-corrected chi connectivity index (χ0v) is 14.7. The van der Waals surface area contributed by atoms with Crippen molar-refractivity contribution in [1.29, 1.82) is 0 Å². The van der Waals surface area contributed by atoms with Gasteiger partial charge < -0.3 is 10.1 Å². The summed E-state index contributed by atoms with van der Waals surface area (Å²) in [6.45, 7) is -0.252. The zero-order valence-electron chi connectivity index (χ0n) is 14.0. The lowest BCUT2D eigenvalue weighted by atomic mass is 10.2. The van der Waals surface area contributed by atoms with E-state index in [1.807, 2.05) is 0 Å². The van der Waals surface area contributed by atoms with Crippen LogP contribution >= 0.6 is 11.6 Å². The van der Waals surface area contributed by atoms with Crippen molar-refractivity contribution in [3.8, 4) is 5.75 Å². The van der Waals surface area contributed by atoms with E-state index in [0.717, 1.165) is 16.8 Å².